The molecule has 1 spiro atoms. The smallest absolute Gasteiger partial charge is 0.240 e. The van der Waals surface area contributed by atoms with Gasteiger partial charge < -0.3 is 15.8 Å². The van der Waals surface area contributed by atoms with Crippen LogP contribution in [-0.2, 0) is 9.53 Å². The van der Waals surface area contributed by atoms with Crippen molar-refractivity contribution in [3.8, 4) is 0 Å². The number of rotatable bonds is 4. The number of carbonyl (C=O) groups is 1. The van der Waals surface area contributed by atoms with Crippen molar-refractivity contribution in [2.24, 2.45) is 11.1 Å². The average Bonchev–Trinajstić information content (AvgIpc) is 2.93. The van der Waals surface area contributed by atoms with E-state index in [1.807, 2.05) is 6.92 Å². The van der Waals surface area contributed by atoms with Gasteiger partial charge in [0.05, 0.1) is 11.6 Å². The molecule has 1 amide bonds. The summed E-state index contributed by atoms with van der Waals surface area (Å²) in [6.07, 6.45) is 6.67. The van der Waals surface area contributed by atoms with Gasteiger partial charge in [-0.15, -0.1) is 12.4 Å². The summed E-state index contributed by atoms with van der Waals surface area (Å²) < 4.78 is 5.77. The van der Waals surface area contributed by atoms with Crippen LogP contribution in [0.1, 0.15) is 45.4 Å². The van der Waals surface area contributed by atoms with E-state index in [0.717, 1.165) is 25.9 Å². The first-order chi connectivity index (χ1) is 8.11. The maximum Gasteiger partial charge on any atom is 0.240 e. The van der Waals surface area contributed by atoms with Crippen molar-refractivity contribution in [1.82, 2.24) is 5.32 Å². The molecule has 2 unspecified atom stereocenters. The Kier molecular flexibility index (Phi) is 3.65. The average molecular weight is 275 g/mol. The van der Waals surface area contributed by atoms with Gasteiger partial charge in [0.25, 0.3) is 0 Å². The fourth-order valence-corrected chi connectivity index (χ4v) is 3.30. The Balaban J connectivity index is 0.00000120. The van der Waals surface area contributed by atoms with Gasteiger partial charge in [-0.05, 0) is 39.0 Å². The maximum atomic E-state index is 11.9. The van der Waals surface area contributed by atoms with Crippen LogP contribution in [0.15, 0.2) is 0 Å². The summed E-state index contributed by atoms with van der Waals surface area (Å²) in [6.45, 7) is 2.81. The van der Waals surface area contributed by atoms with E-state index in [2.05, 4.69) is 5.32 Å². The molecule has 0 heterocycles. The van der Waals surface area contributed by atoms with Gasteiger partial charge in [-0.3, -0.25) is 4.79 Å². The van der Waals surface area contributed by atoms with E-state index in [1.165, 1.54) is 19.3 Å². The summed E-state index contributed by atoms with van der Waals surface area (Å²) in [5.74, 6) is 0.0590. The fraction of sp³-hybridized carbons (Fsp3) is 0.923. The lowest BCUT2D eigenvalue weighted by Crippen LogP contribution is -2.69. The van der Waals surface area contributed by atoms with Gasteiger partial charge in [-0.1, -0.05) is 6.42 Å². The Morgan fingerprint density at radius 3 is 2.50 bits per heavy atom. The highest BCUT2D eigenvalue weighted by Gasteiger charge is 2.60. The highest BCUT2D eigenvalue weighted by atomic mass is 35.5. The molecule has 3 N–H and O–H groups in total. The number of hydrogen-bond acceptors (Lipinski definition) is 3. The molecule has 0 aliphatic heterocycles. The van der Waals surface area contributed by atoms with Gasteiger partial charge in [-0.2, -0.15) is 0 Å². The van der Waals surface area contributed by atoms with E-state index >= 15 is 0 Å². The van der Waals surface area contributed by atoms with Crippen molar-refractivity contribution < 1.29 is 9.53 Å². The molecule has 4 nitrogen and oxygen atoms in total. The van der Waals surface area contributed by atoms with Gasteiger partial charge in [0.2, 0.25) is 5.91 Å². The Hall–Kier alpha value is -0.320. The molecule has 0 aromatic carbocycles. The van der Waals surface area contributed by atoms with Gasteiger partial charge in [0.15, 0.2) is 0 Å². The minimum atomic E-state index is -0.540. The highest BCUT2D eigenvalue weighted by Crippen LogP contribution is 2.57. The van der Waals surface area contributed by atoms with Crippen molar-refractivity contribution in [3.05, 3.63) is 0 Å². The Morgan fingerprint density at radius 1 is 1.39 bits per heavy atom. The van der Waals surface area contributed by atoms with E-state index in [-0.39, 0.29) is 23.7 Å². The Labute approximate surface area is 114 Å². The lowest BCUT2D eigenvalue weighted by molar-refractivity contribution is -0.176. The second-order valence-electron chi connectivity index (χ2n) is 5.95. The third kappa shape index (κ3) is 1.95. The molecule has 3 fully saturated rings. The normalized spacial score (nSPS) is 33.9. The third-order valence-electron chi connectivity index (χ3n) is 4.98. The lowest BCUT2D eigenvalue weighted by Gasteiger charge is -2.61. The highest BCUT2D eigenvalue weighted by molar-refractivity contribution is 5.89. The van der Waals surface area contributed by atoms with Crippen LogP contribution in [0.3, 0.4) is 0 Å². The molecule has 18 heavy (non-hydrogen) atoms. The Morgan fingerprint density at radius 2 is 2.06 bits per heavy atom. The first-order valence-corrected chi connectivity index (χ1v) is 6.82. The summed E-state index contributed by atoms with van der Waals surface area (Å²) in [4.78, 5) is 11.9. The van der Waals surface area contributed by atoms with Gasteiger partial charge >= 0.3 is 0 Å². The van der Waals surface area contributed by atoms with Crippen LogP contribution in [0.2, 0.25) is 0 Å². The number of nitrogens with one attached hydrogen (secondary N) is 1. The second kappa shape index (κ2) is 4.66. The molecule has 0 radical (unpaired) electrons. The van der Waals surface area contributed by atoms with Crippen molar-refractivity contribution in [1.29, 1.82) is 0 Å². The summed E-state index contributed by atoms with van der Waals surface area (Å²) in [7, 11) is 0. The van der Waals surface area contributed by atoms with Crippen LogP contribution < -0.4 is 11.1 Å². The number of halogens is 1. The topological polar surface area (TPSA) is 64.3 Å². The Bertz CT molecular complexity index is 340. The molecule has 0 bridgehead atoms. The summed E-state index contributed by atoms with van der Waals surface area (Å²) in [6, 6.07) is 0.307. The van der Waals surface area contributed by atoms with Crippen LogP contribution in [0.25, 0.3) is 0 Å². The van der Waals surface area contributed by atoms with Crippen molar-refractivity contribution in [3.63, 3.8) is 0 Å². The van der Waals surface area contributed by atoms with Crippen LogP contribution in [-0.4, -0.2) is 30.2 Å². The third-order valence-corrected chi connectivity index (χ3v) is 4.98. The van der Waals surface area contributed by atoms with E-state index in [0.29, 0.717) is 12.1 Å². The zero-order valence-corrected chi connectivity index (χ0v) is 11.7. The number of amides is 1. The molecule has 5 heteroatoms. The SMILES string of the molecule is CCOC1CC(NC(=O)C2(N)CC2)C12CCC2.Cl. The fourth-order valence-electron chi connectivity index (χ4n) is 3.30. The molecular formula is C13H23ClN2O2. The summed E-state index contributed by atoms with van der Waals surface area (Å²) in [5, 5.41) is 3.16. The van der Waals surface area contributed by atoms with Crippen molar-refractivity contribution >= 4 is 18.3 Å². The van der Waals surface area contributed by atoms with Crippen LogP contribution in [0.5, 0.6) is 0 Å². The van der Waals surface area contributed by atoms with E-state index in [9.17, 15) is 4.79 Å². The van der Waals surface area contributed by atoms with E-state index in [1.54, 1.807) is 0 Å². The minimum Gasteiger partial charge on any atom is -0.378 e. The van der Waals surface area contributed by atoms with Crippen molar-refractivity contribution in [2.45, 2.75) is 63.1 Å². The quantitative estimate of drug-likeness (QED) is 0.814. The molecular weight excluding hydrogens is 252 g/mol. The standard InChI is InChI=1S/C13H22N2O2.ClH/c1-2-17-10-8-9(12(10)4-3-5-12)15-11(16)13(14)6-7-13;/h9-10H,2-8,14H2,1H3,(H,15,16);1H. The number of nitrogens with two attached hydrogens (primary N) is 1. The number of ether oxygens (including phenoxy) is 1. The summed E-state index contributed by atoms with van der Waals surface area (Å²) in [5.41, 5.74) is 5.62. The molecule has 3 rings (SSSR count). The van der Waals surface area contributed by atoms with E-state index < -0.39 is 5.54 Å². The van der Waals surface area contributed by atoms with Crippen LogP contribution in [0, 0.1) is 5.41 Å². The van der Waals surface area contributed by atoms with Gasteiger partial charge in [0.1, 0.15) is 0 Å². The molecule has 3 saturated carbocycles. The minimum absolute atomic E-state index is 0. The number of carbonyl (C=O) groups excluding carboxylic acids is 1. The summed E-state index contributed by atoms with van der Waals surface area (Å²) >= 11 is 0. The van der Waals surface area contributed by atoms with E-state index in [4.69, 9.17) is 10.5 Å². The molecule has 3 aliphatic rings. The molecule has 3 aliphatic carbocycles. The second-order valence-corrected chi connectivity index (χ2v) is 5.95. The predicted molar refractivity (Wildman–Crippen MR) is 71.6 cm³/mol. The molecule has 0 aromatic rings. The first kappa shape index (κ1) is 14.1. The lowest BCUT2D eigenvalue weighted by atomic mass is 9.51. The van der Waals surface area contributed by atoms with Crippen molar-refractivity contribution in [2.75, 3.05) is 6.61 Å². The zero-order chi connectivity index (χ0) is 12.1. The molecule has 0 aromatic heterocycles. The first-order valence-electron chi connectivity index (χ1n) is 6.82. The molecule has 104 valence electrons. The maximum absolute atomic E-state index is 11.9. The largest absolute Gasteiger partial charge is 0.378 e. The van der Waals surface area contributed by atoms with Crippen LogP contribution in [0.4, 0.5) is 0 Å². The predicted octanol–water partition coefficient (Wildman–Crippen LogP) is 1.36. The molecule has 0 saturated heterocycles. The molecule has 2 atom stereocenters. The van der Waals surface area contributed by atoms with Gasteiger partial charge in [-0.25, -0.2) is 0 Å². The monoisotopic (exact) mass is 274 g/mol. The number of hydrogen-bond donors (Lipinski definition) is 2. The zero-order valence-electron chi connectivity index (χ0n) is 10.9. The van der Waals surface area contributed by atoms with Gasteiger partial charge in [0, 0.05) is 18.1 Å². The van der Waals surface area contributed by atoms with Crippen LogP contribution >= 0.6 is 12.4 Å².